The summed E-state index contributed by atoms with van der Waals surface area (Å²) in [6.45, 7) is 0. The maximum atomic E-state index is 12.6. The number of halogens is 6. The number of primary amides is 1. The Hall–Kier alpha value is -1.45. The van der Waals surface area contributed by atoms with Crippen LogP contribution in [0.1, 0.15) is 28.0 Å². The molecule has 0 bridgehead atoms. The lowest BCUT2D eigenvalue weighted by molar-refractivity contribution is -0.275. The van der Waals surface area contributed by atoms with Gasteiger partial charge < -0.3 is 10.5 Å². The normalized spacial score (nSPS) is 11.7. The molecule has 0 radical (unpaired) electrons. The van der Waals surface area contributed by atoms with Crippen molar-refractivity contribution in [3.05, 3.63) is 23.0 Å². The molecule has 0 aliphatic carbocycles. The van der Waals surface area contributed by atoms with E-state index >= 15 is 0 Å². The number of hydrogen-bond acceptors (Lipinski definition) is 3. The van der Waals surface area contributed by atoms with Crippen LogP contribution in [-0.2, 0) is 5.33 Å². The second kappa shape index (κ2) is 5.68. The van der Waals surface area contributed by atoms with Crippen LogP contribution >= 0.6 is 15.9 Å². The van der Waals surface area contributed by atoms with Crippen LogP contribution in [0.15, 0.2) is 6.20 Å². The molecule has 19 heavy (non-hydrogen) atoms. The fraction of sp³-hybridized carbons (Fsp3) is 0.333. The topological polar surface area (TPSA) is 65.2 Å². The molecule has 0 atom stereocenters. The lowest BCUT2D eigenvalue weighted by atomic mass is 10.1. The highest BCUT2D eigenvalue weighted by Gasteiger charge is 2.36. The van der Waals surface area contributed by atoms with E-state index in [0.29, 0.717) is 6.20 Å². The predicted octanol–water partition coefficient (Wildman–Crippen LogP) is 2.91. The highest BCUT2D eigenvalue weighted by atomic mass is 79.9. The number of pyridine rings is 1. The van der Waals surface area contributed by atoms with Crippen LogP contribution in [0.25, 0.3) is 0 Å². The summed E-state index contributed by atoms with van der Waals surface area (Å²) in [5.41, 5.74) is 2.68. The Morgan fingerprint density at radius 2 is 2.05 bits per heavy atom. The summed E-state index contributed by atoms with van der Waals surface area (Å²) < 4.78 is 65.4. The van der Waals surface area contributed by atoms with Gasteiger partial charge in [0.25, 0.3) is 12.3 Å². The number of nitrogens with zero attached hydrogens (tertiary/aromatic N) is 1. The molecule has 1 aromatic rings. The maximum absolute atomic E-state index is 12.6. The minimum absolute atomic E-state index is 0.150. The van der Waals surface area contributed by atoms with Gasteiger partial charge in [-0.05, 0) is 0 Å². The minimum atomic E-state index is -5.24. The molecule has 0 saturated carbocycles. The molecule has 0 fully saturated rings. The van der Waals surface area contributed by atoms with Crippen molar-refractivity contribution < 1.29 is 31.5 Å². The van der Waals surface area contributed by atoms with Crippen molar-refractivity contribution in [2.24, 2.45) is 5.73 Å². The van der Waals surface area contributed by atoms with E-state index in [4.69, 9.17) is 5.73 Å². The molecule has 4 nitrogen and oxygen atoms in total. The maximum Gasteiger partial charge on any atom is 0.573 e. The zero-order valence-corrected chi connectivity index (χ0v) is 10.6. The number of aromatic nitrogens is 1. The fourth-order valence-corrected chi connectivity index (χ4v) is 1.71. The van der Waals surface area contributed by atoms with Gasteiger partial charge in [0.05, 0.1) is 11.3 Å². The van der Waals surface area contributed by atoms with Gasteiger partial charge in [-0.25, -0.2) is 8.78 Å². The average molecular weight is 349 g/mol. The Morgan fingerprint density at radius 3 is 2.42 bits per heavy atom. The third kappa shape index (κ3) is 3.75. The van der Waals surface area contributed by atoms with Gasteiger partial charge in [-0.3, -0.25) is 9.78 Å². The van der Waals surface area contributed by atoms with Gasteiger partial charge >= 0.3 is 6.36 Å². The highest BCUT2D eigenvalue weighted by Crippen LogP contribution is 2.36. The monoisotopic (exact) mass is 348 g/mol. The Kier molecular flexibility index (Phi) is 4.66. The smallest absolute Gasteiger partial charge is 0.404 e. The second-order valence-electron chi connectivity index (χ2n) is 3.21. The third-order valence-corrected chi connectivity index (χ3v) is 2.49. The largest absolute Gasteiger partial charge is 0.573 e. The van der Waals surface area contributed by atoms with Crippen molar-refractivity contribution in [2.45, 2.75) is 18.1 Å². The first kappa shape index (κ1) is 15.6. The number of carbonyl (C=O) groups is 1. The molecule has 1 aromatic heterocycles. The quantitative estimate of drug-likeness (QED) is 0.672. The molecule has 1 heterocycles. The lowest BCUT2D eigenvalue weighted by Crippen LogP contribution is -2.24. The Bertz CT molecular complexity index is 492. The zero-order chi connectivity index (χ0) is 14.8. The number of ether oxygens (including phenoxy) is 1. The molecule has 1 rings (SSSR count). The van der Waals surface area contributed by atoms with E-state index in [0.717, 1.165) is 0 Å². The molecule has 0 saturated heterocycles. The van der Waals surface area contributed by atoms with Crippen molar-refractivity contribution in [1.82, 2.24) is 4.98 Å². The molecule has 0 unspecified atom stereocenters. The number of alkyl halides is 6. The first-order valence-corrected chi connectivity index (χ1v) is 5.71. The predicted molar refractivity (Wildman–Crippen MR) is 57.0 cm³/mol. The Labute approximate surface area is 111 Å². The van der Waals surface area contributed by atoms with Gasteiger partial charge in [-0.15, -0.1) is 13.2 Å². The van der Waals surface area contributed by atoms with Crippen molar-refractivity contribution in [3.63, 3.8) is 0 Å². The van der Waals surface area contributed by atoms with Gasteiger partial charge in [0, 0.05) is 11.5 Å². The van der Waals surface area contributed by atoms with Gasteiger partial charge in [0.2, 0.25) is 0 Å². The number of carbonyl (C=O) groups excluding carboxylic acids is 1. The Morgan fingerprint density at radius 1 is 1.47 bits per heavy atom. The number of nitrogens with two attached hydrogens (primary N) is 1. The van der Waals surface area contributed by atoms with Crippen LogP contribution in [-0.4, -0.2) is 17.3 Å². The van der Waals surface area contributed by atoms with Crippen molar-refractivity contribution in [2.75, 3.05) is 0 Å². The van der Waals surface area contributed by atoms with Crippen molar-refractivity contribution >= 4 is 21.8 Å². The van der Waals surface area contributed by atoms with E-state index in [1.165, 1.54) is 0 Å². The Balaban J connectivity index is 3.53. The highest BCUT2D eigenvalue weighted by molar-refractivity contribution is 9.08. The first-order chi connectivity index (χ1) is 8.67. The number of rotatable bonds is 4. The molecule has 0 aliphatic heterocycles. The van der Waals surface area contributed by atoms with Crippen LogP contribution in [0.3, 0.4) is 0 Å². The second-order valence-corrected chi connectivity index (χ2v) is 3.77. The molecule has 2 N–H and O–H groups in total. The number of amides is 1. The van der Waals surface area contributed by atoms with Crippen LogP contribution in [0.5, 0.6) is 5.75 Å². The molecule has 106 valence electrons. The summed E-state index contributed by atoms with van der Waals surface area (Å²) in [6.07, 6.45) is -8.03. The van der Waals surface area contributed by atoms with Crippen molar-refractivity contribution in [3.8, 4) is 5.75 Å². The van der Waals surface area contributed by atoms with Crippen LogP contribution < -0.4 is 10.5 Å². The van der Waals surface area contributed by atoms with Crippen LogP contribution in [0.2, 0.25) is 0 Å². The van der Waals surface area contributed by atoms with E-state index in [2.05, 4.69) is 25.7 Å². The van der Waals surface area contributed by atoms with E-state index in [1.807, 2.05) is 0 Å². The summed E-state index contributed by atoms with van der Waals surface area (Å²) in [5, 5.41) is -0.150. The first-order valence-electron chi connectivity index (χ1n) is 4.58. The van der Waals surface area contributed by atoms with Crippen LogP contribution in [0.4, 0.5) is 22.0 Å². The van der Waals surface area contributed by atoms with E-state index in [9.17, 15) is 26.7 Å². The summed E-state index contributed by atoms with van der Waals surface area (Å²) >= 11 is 2.86. The van der Waals surface area contributed by atoms with E-state index in [1.54, 1.807) is 0 Å². The molecule has 10 heteroatoms. The lowest BCUT2D eigenvalue weighted by Gasteiger charge is -2.16. The van der Waals surface area contributed by atoms with E-state index in [-0.39, 0.29) is 11.0 Å². The standard InChI is InChI=1S/C9H6BrF5N2O2/c10-1-4-5(8(16)18)6(19-9(13,14)15)3(2-17-4)7(11)12/h2,7H,1H2,(H2,16,18). The summed E-state index contributed by atoms with van der Waals surface area (Å²) in [5.74, 6) is -2.66. The molecule has 1 amide bonds. The van der Waals surface area contributed by atoms with E-state index < -0.39 is 35.6 Å². The zero-order valence-electron chi connectivity index (χ0n) is 8.97. The van der Waals surface area contributed by atoms with Crippen LogP contribution in [0, 0.1) is 0 Å². The minimum Gasteiger partial charge on any atom is -0.404 e. The van der Waals surface area contributed by atoms with Gasteiger partial charge in [-0.1, -0.05) is 15.9 Å². The SMILES string of the molecule is NC(=O)c1c(CBr)ncc(C(F)F)c1OC(F)(F)F. The van der Waals surface area contributed by atoms with Crippen molar-refractivity contribution in [1.29, 1.82) is 0 Å². The summed E-state index contributed by atoms with van der Waals surface area (Å²) in [6, 6.07) is 0. The molecule has 0 aromatic carbocycles. The van der Waals surface area contributed by atoms with Gasteiger partial charge in [0.1, 0.15) is 5.56 Å². The van der Waals surface area contributed by atoms with Gasteiger partial charge in [0.15, 0.2) is 5.75 Å². The molecule has 0 spiro atoms. The molecular weight excluding hydrogens is 343 g/mol. The number of hydrogen-bond donors (Lipinski definition) is 1. The summed E-state index contributed by atoms with van der Waals surface area (Å²) in [7, 11) is 0. The molecule has 0 aliphatic rings. The molecular formula is C9H6BrF5N2O2. The third-order valence-electron chi connectivity index (χ3n) is 1.96. The fourth-order valence-electron chi connectivity index (χ4n) is 1.28. The summed E-state index contributed by atoms with van der Waals surface area (Å²) in [4.78, 5) is 14.6. The average Bonchev–Trinajstić information content (AvgIpc) is 2.25. The van der Waals surface area contributed by atoms with Gasteiger partial charge in [-0.2, -0.15) is 0 Å².